The number of amides is 1. The number of hydrogen-bond acceptors (Lipinski definition) is 4. The molecular weight excluding hydrogens is 325 g/mol. The summed E-state index contributed by atoms with van der Waals surface area (Å²) in [5.74, 6) is -1.75. The number of halogens is 1. The highest BCUT2D eigenvalue weighted by atomic mass is 19.1. The summed E-state index contributed by atoms with van der Waals surface area (Å²) in [6, 6.07) is 6.06. The Labute approximate surface area is 146 Å². The summed E-state index contributed by atoms with van der Waals surface area (Å²) in [5.41, 5.74) is 2.84. The van der Waals surface area contributed by atoms with Crippen LogP contribution in [0, 0.1) is 25.6 Å². The standard InChI is InChI=1S/C18H22FN3O3/c1-11(8-14-6-5-7-15(19)9-14)18(24)25-10-16(23)20-17-12(2)21-22(4)13(17)3/h5-7,9,11H,8,10H2,1-4H3,(H,20,23). The van der Waals surface area contributed by atoms with Gasteiger partial charge in [-0.25, -0.2) is 4.39 Å². The van der Waals surface area contributed by atoms with Crippen molar-refractivity contribution >= 4 is 17.6 Å². The maximum atomic E-state index is 13.2. The van der Waals surface area contributed by atoms with Gasteiger partial charge < -0.3 is 10.1 Å². The average Bonchev–Trinajstić information content (AvgIpc) is 2.79. The van der Waals surface area contributed by atoms with Crippen LogP contribution in [0.3, 0.4) is 0 Å². The second-order valence-electron chi connectivity index (χ2n) is 6.06. The van der Waals surface area contributed by atoms with E-state index in [0.717, 1.165) is 5.69 Å². The Morgan fingerprint density at radius 2 is 2.08 bits per heavy atom. The minimum atomic E-state index is -0.501. The SMILES string of the molecule is Cc1nn(C)c(C)c1NC(=O)COC(=O)C(C)Cc1cccc(F)c1. The third-order valence-electron chi connectivity index (χ3n) is 3.95. The fourth-order valence-corrected chi connectivity index (χ4v) is 2.51. The second kappa shape index (κ2) is 7.92. The van der Waals surface area contributed by atoms with E-state index in [1.807, 2.05) is 6.92 Å². The summed E-state index contributed by atoms with van der Waals surface area (Å²) in [5, 5.41) is 6.91. The zero-order valence-corrected chi connectivity index (χ0v) is 14.8. The number of anilines is 1. The van der Waals surface area contributed by atoms with E-state index >= 15 is 0 Å². The van der Waals surface area contributed by atoms with Gasteiger partial charge in [0.05, 0.1) is 23.0 Å². The Balaban J connectivity index is 1.85. The number of aromatic nitrogens is 2. The number of rotatable bonds is 6. The predicted octanol–water partition coefficient (Wildman–Crippen LogP) is 2.54. The zero-order chi connectivity index (χ0) is 18.6. The number of hydrogen-bond donors (Lipinski definition) is 1. The molecular formula is C18H22FN3O3. The molecule has 0 saturated heterocycles. The predicted molar refractivity (Wildman–Crippen MR) is 91.5 cm³/mol. The second-order valence-corrected chi connectivity index (χ2v) is 6.06. The van der Waals surface area contributed by atoms with E-state index in [4.69, 9.17) is 4.74 Å². The van der Waals surface area contributed by atoms with Crippen LogP contribution >= 0.6 is 0 Å². The first-order chi connectivity index (χ1) is 11.8. The van der Waals surface area contributed by atoms with Gasteiger partial charge in [0.15, 0.2) is 6.61 Å². The molecule has 2 rings (SSSR count). The van der Waals surface area contributed by atoms with Crippen molar-refractivity contribution in [3.05, 3.63) is 47.0 Å². The van der Waals surface area contributed by atoms with Crippen LogP contribution < -0.4 is 5.32 Å². The minimum Gasteiger partial charge on any atom is -0.455 e. The monoisotopic (exact) mass is 347 g/mol. The van der Waals surface area contributed by atoms with Crippen molar-refractivity contribution in [2.75, 3.05) is 11.9 Å². The smallest absolute Gasteiger partial charge is 0.309 e. The van der Waals surface area contributed by atoms with E-state index in [2.05, 4.69) is 10.4 Å². The molecule has 2 aromatic rings. The molecule has 0 aliphatic rings. The number of carbonyl (C=O) groups is 2. The Morgan fingerprint density at radius 3 is 2.68 bits per heavy atom. The van der Waals surface area contributed by atoms with Gasteiger partial charge in [-0.05, 0) is 38.0 Å². The molecule has 0 aliphatic heterocycles. The largest absolute Gasteiger partial charge is 0.455 e. The van der Waals surface area contributed by atoms with Gasteiger partial charge in [0.1, 0.15) is 5.82 Å². The van der Waals surface area contributed by atoms with E-state index in [0.29, 0.717) is 23.4 Å². The van der Waals surface area contributed by atoms with E-state index in [9.17, 15) is 14.0 Å². The molecule has 25 heavy (non-hydrogen) atoms. The Kier molecular flexibility index (Phi) is 5.90. The molecule has 1 aromatic carbocycles. The van der Waals surface area contributed by atoms with Gasteiger partial charge in [-0.3, -0.25) is 14.3 Å². The van der Waals surface area contributed by atoms with Crippen LogP contribution in [0.1, 0.15) is 23.9 Å². The van der Waals surface area contributed by atoms with Gasteiger partial charge in [-0.2, -0.15) is 5.10 Å². The third kappa shape index (κ3) is 4.89. The number of aryl methyl sites for hydroxylation is 2. The lowest BCUT2D eigenvalue weighted by Crippen LogP contribution is -2.25. The lowest BCUT2D eigenvalue weighted by molar-refractivity contribution is -0.151. The van der Waals surface area contributed by atoms with Gasteiger partial charge in [-0.15, -0.1) is 0 Å². The molecule has 1 heterocycles. The van der Waals surface area contributed by atoms with Crippen molar-refractivity contribution in [3.8, 4) is 0 Å². The first kappa shape index (κ1) is 18.6. The van der Waals surface area contributed by atoms with Gasteiger partial charge >= 0.3 is 5.97 Å². The molecule has 1 N–H and O–H groups in total. The van der Waals surface area contributed by atoms with E-state index in [1.54, 1.807) is 37.7 Å². The first-order valence-electron chi connectivity index (χ1n) is 7.99. The van der Waals surface area contributed by atoms with Crippen LogP contribution in [-0.2, 0) is 27.8 Å². The van der Waals surface area contributed by atoms with Crippen LogP contribution in [0.15, 0.2) is 24.3 Å². The van der Waals surface area contributed by atoms with Crippen molar-refractivity contribution in [2.45, 2.75) is 27.2 Å². The summed E-state index contributed by atoms with van der Waals surface area (Å²) in [6.45, 7) is 4.93. The maximum absolute atomic E-state index is 13.2. The Bertz CT molecular complexity index is 786. The molecule has 0 bridgehead atoms. The Hall–Kier alpha value is -2.70. The molecule has 6 nitrogen and oxygen atoms in total. The number of benzene rings is 1. The van der Waals surface area contributed by atoms with Crippen molar-refractivity contribution in [2.24, 2.45) is 13.0 Å². The lowest BCUT2D eigenvalue weighted by Gasteiger charge is -2.12. The summed E-state index contributed by atoms with van der Waals surface area (Å²) in [4.78, 5) is 24.0. The molecule has 134 valence electrons. The third-order valence-corrected chi connectivity index (χ3v) is 3.95. The van der Waals surface area contributed by atoms with E-state index in [-0.39, 0.29) is 12.4 Å². The first-order valence-corrected chi connectivity index (χ1v) is 7.99. The average molecular weight is 347 g/mol. The zero-order valence-electron chi connectivity index (χ0n) is 14.8. The summed E-state index contributed by atoms with van der Waals surface area (Å²) < 4.78 is 19.9. The quantitative estimate of drug-likeness (QED) is 0.815. The van der Waals surface area contributed by atoms with Crippen molar-refractivity contribution in [1.29, 1.82) is 0 Å². The fourth-order valence-electron chi connectivity index (χ4n) is 2.51. The molecule has 1 amide bonds. The molecule has 0 spiro atoms. The summed E-state index contributed by atoms with van der Waals surface area (Å²) >= 11 is 0. The summed E-state index contributed by atoms with van der Waals surface area (Å²) in [7, 11) is 1.78. The van der Waals surface area contributed by atoms with Crippen LogP contribution in [-0.4, -0.2) is 28.3 Å². The minimum absolute atomic E-state index is 0.346. The molecule has 0 aliphatic carbocycles. The van der Waals surface area contributed by atoms with E-state index in [1.165, 1.54) is 12.1 Å². The number of nitrogens with one attached hydrogen (secondary N) is 1. The van der Waals surface area contributed by atoms with Crippen molar-refractivity contribution in [1.82, 2.24) is 9.78 Å². The number of nitrogens with zero attached hydrogens (tertiary/aromatic N) is 2. The molecule has 0 radical (unpaired) electrons. The van der Waals surface area contributed by atoms with Gasteiger partial charge in [-0.1, -0.05) is 19.1 Å². The molecule has 0 saturated carbocycles. The van der Waals surface area contributed by atoms with Crippen LogP contribution in [0.25, 0.3) is 0 Å². The highest BCUT2D eigenvalue weighted by molar-refractivity contribution is 5.93. The van der Waals surface area contributed by atoms with Crippen molar-refractivity contribution in [3.63, 3.8) is 0 Å². The summed E-state index contributed by atoms with van der Waals surface area (Å²) in [6.07, 6.45) is 0.346. The molecule has 0 fully saturated rings. The highest BCUT2D eigenvalue weighted by Gasteiger charge is 2.18. The van der Waals surface area contributed by atoms with Crippen LogP contribution in [0.2, 0.25) is 0 Å². The van der Waals surface area contributed by atoms with Crippen molar-refractivity contribution < 1.29 is 18.7 Å². The molecule has 7 heteroatoms. The van der Waals surface area contributed by atoms with Gasteiger partial charge in [0.25, 0.3) is 5.91 Å². The topological polar surface area (TPSA) is 73.2 Å². The van der Waals surface area contributed by atoms with Gasteiger partial charge in [0, 0.05) is 7.05 Å². The van der Waals surface area contributed by atoms with E-state index < -0.39 is 17.8 Å². The molecule has 1 unspecified atom stereocenters. The maximum Gasteiger partial charge on any atom is 0.309 e. The Morgan fingerprint density at radius 1 is 1.36 bits per heavy atom. The number of carbonyl (C=O) groups excluding carboxylic acids is 2. The number of esters is 1. The van der Waals surface area contributed by atoms with Crippen LogP contribution in [0.4, 0.5) is 10.1 Å². The highest BCUT2D eigenvalue weighted by Crippen LogP contribution is 2.18. The fraction of sp³-hybridized carbons (Fsp3) is 0.389. The van der Waals surface area contributed by atoms with Crippen LogP contribution in [0.5, 0.6) is 0 Å². The molecule has 1 atom stereocenters. The molecule has 1 aromatic heterocycles. The number of ether oxygens (including phenoxy) is 1. The van der Waals surface area contributed by atoms with Gasteiger partial charge in [0.2, 0.25) is 0 Å². The normalized spacial score (nSPS) is 11.9. The lowest BCUT2D eigenvalue weighted by atomic mass is 10.0.